The standard InChI is InChI=1S/C14H17N3/c1-17(2)14(8-5-9-15)12-10-16-13-7-4-3-6-11(12)13/h3-4,6-7,10,14,16H,5,8H2,1-2H3. The topological polar surface area (TPSA) is 42.8 Å². The number of para-hydroxylation sites is 1. The molecule has 1 aromatic carbocycles. The number of hydrogen-bond donors (Lipinski definition) is 1. The Morgan fingerprint density at radius 3 is 2.82 bits per heavy atom. The zero-order valence-corrected chi connectivity index (χ0v) is 10.3. The zero-order chi connectivity index (χ0) is 12.3. The molecule has 0 amide bonds. The van der Waals surface area contributed by atoms with Crippen molar-refractivity contribution in [3.63, 3.8) is 0 Å². The lowest BCUT2D eigenvalue weighted by molar-refractivity contribution is 0.288. The van der Waals surface area contributed by atoms with Crippen molar-refractivity contribution >= 4 is 10.9 Å². The van der Waals surface area contributed by atoms with Gasteiger partial charge in [-0.25, -0.2) is 0 Å². The van der Waals surface area contributed by atoms with Gasteiger partial charge in [-0.3, -0.25) is 0 Å². The van der Waals surface area contributed by atoms with Crippen LogP contribution in [0.3, 0.4) is 0 Å². The average Bonchev–Trinajstić information content (AvgIpc) is 2.73. The number of nitriles is 1. The Balaban J connectivity index is 2.39. The quantitative estimate of drug-likeness (QED) is 0.872. The SMILES string of the molecule is CN(C)C(CCC#N)c1c[nH]c2ccccc12. The van der Waals surface area contributed by atoms with E-state index in [2.05, 4.69) is 54.4 Å². The molecule has 1 atom stereocenters. The van der Waals surface area contributed by atoms with Crippen molar-refractivity contribution in [2.24, 2.45) is 0 Å². The van der Waals surface area contributed by atoms with Crippen LogP contribution >= 0.6 is 0 Å². The minimum Gasteiger partial charge on any atom is -0.361 e. The molecule has 0 aliphatic carbocycles. The molecule has 0 aliphatic heterocycles. The lowest BCUT2D eigenvalue weighted by Gasteiger charge is -2.23. The predicted molar refractivity (Wildman–Crippen MR) is 69.6 cm³/mol. The van der Waals surface area contributed by atoms with Gasteiger partial charge in [0.2, 0.25) is 0 Å². The first kappa shape index (κ1) is 11.7. The van der Waals surface area contributed by atoms with Gasteiger partial charge in [-0.15, -0.1) is 0 Å². The summed E-state index contributed by atoms with van der Waals surface area (Å²) in [4.78, 5) is 5.46. The van der Waals surface area contributed by atoms with E-state index in [1.165, 1.54) is 10.9 Å². The van der Waals surface area contributed by atoms with Crippen LogP contribution in [0.25, 0.3) is 10.9 Å². The molecule has 0 fully saturated rings. The van der Waals surface area contributed by atoms with Crippen molar-refractivity contribution in [3.8, 4) is 6.07 Å². The van der Waals surface area contributed by atoms with Crippen LogP contribution in [0.2, 0.25) is 0 Å². The van der Waals surface area contributed by atoms with Crippen LogP contribution in [0.15, 0.2) is 30.5 Å². The summed E-state index contributed by atoms with van der Waals surface area (Å²) in [6, 6.07) is 10.8. The van der Waals surface area contributed by atoms with Crippen molar-refractivity contribution in [1.82, 2.24) is 9.88 Å². The number of nitrogens with zero attached hydrogens (tertiary/aromatic N) is 2. The highest BCUT2D eigenvalue weighted by atomic mass is 15.1. The molecule has 0 aliphatic rings. The Morgan fingerprint density at radius 1 is 1.35 bits per heavy atom. The fourth-order valence-electron chi connectivity index (χ4n) is 2.26. The molecule has 0 radical (unpaired) electrons. The Bertz CT molecular complexity index is 534. The van der Waals surface area contributed by atoms with Crippen LogP contribution in [-0.4, -0.2) is 24.0 Å². The number of rotatable bonds is 4. The van der Waals surface area contributed by atoms with E-state index in [0.717, 1.165) is 11.9 Å². The van der Waals surface area contributed by atoms with Crippen LogP contribution in [0.5, 0.6) is 0 Å². The molecule has 2 aromatic rings. The van der Waals surface area contributed by atoms with Crippen molar-refractivity contribution in [2.45, 2.75) is 18.9 Å². The van der Waals surface area contributed by atoms with Crippen LogP contribution in [0, 0.1) is 11.3 Å². The Morgan fingerprint density at radius 2 is 2.12 bits per heavy atom. The summed E-state index contributed by atoms with van der Waals surface area (Å²) in [6.45, 7) is 0. The number of aromatic amines is 1. The predicted octanol–water partition coefficient (Wildman–Crippen LogP) is 3.07. The largest absolute Gasteiger partial charge is 0.361 e. The van der Waals surface area contributed by atoms with Crippen molar-refractivity contribution in [3.05, 3.63) is 36.0 Å². The molecule has 1 aromatic heterocycles. The maximum absolute atomic E-state index is 8.73. The summed E-state index contributed by atoms with van der Waals surface area (Å²) in [5, 5.41) is 9.99. The van der Waals surface area contributed by atoms with E-state index >= 15 is 0 Å². The minimum absolute atomic E-state index is 0.297. The minimum atomic E-state index is 0.297. The lowest BCUT2D eigenvalue weighted by Crippen LogP contribution is -2.19. The van der Waals surface area contributed by atoms with E-state index < -0.39 is 0 Å². The van der Waals surface area contributed by atoms with Gasteiger partial charge in [0.15, 0.2) is 0 Å². The summed E-state index contributed by atoms with van der Waals surface area (Å²) in [5.74, 6) is 0. The molecule has 0 bridgehead atoms. The van der Waals surface area contributed by atoms with E-state index in [1.54, 1.807) is 0 Å². The molecule has 2 rings (SSSR count). The van der Waals surface area contributed by atoms with E-state index in [1.807, 2.05) is 6.07 Å². The van der Waals surface area contributed by atoms with Crippen molar-refractivity contribution in [1.29, 1.82) is 5.26 Å². The average molecular weight is 227 g/mol. The lowest BCUT2D eigenvalue weighted by atomic mass is 10.0. The molecule has 17 heavy (non-hydrogen) atoms. The van der Waals surface area contributed by atoms with Crippen molar-refractivity contribution in [2.75, 3.05) is 14.1 Å². The first-order valence-electron chi connectivity index (χ1n) is 5.83. The van der Waals surface area contributed by atoms with Gasteiger partial charge < -0.3 is 9.88 Å². The van der Waals surface area contributed by atoms with Gasteiger partial charge in [0.25, 0.3) is 0 Å². The van der Waals surface area contributed by atoms with E-state index in [0.29, 0.717) is 12.5 Å². The Hall–Kier alpha value is -1.79. The number of aromatic nitrogens is 1. The van der Waals surface area contributed by atoms with Gasteiger partial charge in [0.05, 0.1) is 6.07 Å². The normalized spacial score (nSPS) is 12.8. The van der Waals surface area contributed by atoms with Crippen molar-refractivity contribution < 1.29 is 0 Å². The second-order valence-electron chi connectivity index (χ2n) is 4.47. The highest BCUT2D eigenvalue weighted by Crippen LogP contribution is 2.29. The van der Waals surface area contributed by atoms with Gasteiger partial charge in [0.1, 0.15) is 0 Å². The number of fused-ring (bicyclic) bond motifs is 1. The van der Waals surface area contributed by atoms with Gasteiger partial charge in [-0.1, -0.05) is 18.2 Å². The van der Waals surface area contributed by atoms with E-state index in [9.17, 15) is 0 Å². The van der Waals surface area contributed by atoms with Gasteiger partial charge >= 0.3 is 0 Å². The van der Waals surface area contributed by atoms with Crippen LogP contribution in [-0.2, 0) is 0 Å². The molecule has 3 heteroatoms. The number of hydrogen-bond acceptors (Lipinski definition) is 2. The summed E-state index contributed by atoms with van der Waals surface area (Å²) >= 11 is 0. The number of H-pyrrole nitrogens is 1. The van der Waals surface area contributed by atoms with Gasteiger partial charge in [-0.05, 0) is 32.1 Å². The summed E-state index contributed by atoms with van der Waals surface area (Å²) in [7, 11) is 4.12. The fourth-order valence-corrected chi connectivity index (χ4v) is 2.26. The third kappa shape index (κ3) is 2.32. The Kier molecular flexibility index (Phi) is 3.46. The monoisotopic (exact) mass is 227 g/mol. The van der Waals surface area contributed by atoms with E-state index in [-0.39, 0.29) is 0 Å². The zero-order valence-electron chi connectivity index (χ0n) is 10.3. The molecule has 88 valence electrons. The van der Waals surface area contributed by atoms with Crippen LogP contribution in [0.1, 0.15) is 24.4 Å². The molecule has 1 N–H and O–H groups in total. The Labute approximate surface area is 102 Å². The number of nitrogens with one attached hydrogen (secondary N) is 1. The molecule has 0 saturated carbocycles. The molecule has 1 unspecified atom stereocenters. The third-order valence-electron chi connectivity index (χ3n) is 3.13. The number of benzene rings is 1. The maximum Gasteiger partial charge on any atom is 0.0622 e. The van der Waals surface area contributed by atoms with Crippen LogP contribution in [0.4, 0.5) is 0 Å². The highest BCUT2D eigenvalue weighted by Gasteiger charge is 2.17. The maximum atomic E-state index is 8.73. The second-order valence-corrected chi connectivity index (χ2v) is 4.47. The van der Waals surface area contributed by atoms with Gasteiger partial charge in [-0.2, -0.15) is 5.26 Å². The molecular weight excluding hydrogens is 210 g/mol. The fraction of sp³-hybridized carbons (Fsp3) is 0.357. The third-order valence-corrected chi connectivity index (χ3v) is 3.13. The van der Waals surface area contributed by atoms with Crippen LogP contribution < -0.4 is 0 Å². The highest BCUT2D eigenvalue weighted by molar-refractivity contribution is 5.83. The van der Waals surface area contributed by atoms with Gasteiger partial charge in [0, 0.05) is 29.6 Å². The summed E-state index contributed by atoms with van der Waals surface area (Å²) in [5.41, 5.74) is 2.44. The summed E-state index contributed by atoms with van der Waals surface area (Å²) in [6.07, 6.45) is 3.51. The smallest absolute Gasteiger partial charge is 0.0622 e. The first-order chi connectivity index (χ1) is 8.24. The second kappa shape index (κ2) is 5.03. The molecule has 3 nitrogen and oxygen atoms in total. The van der Waals surface area contributed by atoms with E-state index in [4.69, 9.17) is 5.26 Å². The molecular formula is C14H17N3. The summed E-state index contributed by atoms with van der Waals surface area (Å²) < 4.78 is 0. The molecule has 0 spiro atoms. The molecule has 1 heterocycles. The molecule has 0 saturated heterocycles. The first-order valence-corrected chi connectivity index (χ1v) is 5.83.